The van der Waals surface area contributed by atoms with Gasteiger partial charge in [-0.1, -0.05) is 55.7 Å². The Hall–Kier alpha value is -2.14. The molecule has 1 aliphatic carbocycles. The minimum Gasteiger partial charge on any atom is -0.326 e. The fourth-order valence-corrected chi connectivity index (χ4v) is 4.12. The van der Waals surface area contributed by atoms with E-state index in [9.17, 15) is 13.2 Å². The highest BCUT2D eigenvalue weighted by Gasteiger charge is 2.15. The largest absolute Gasteiger partial charge is 0.326 e. The first-order chi connectivity index (χ1) is 13.0. The number of carbonyl (C=O) groups excluding carboxylic acids is 1. The van der Waals surface area contributed by atoms with E-state index in [0.717, 1.165) is 16.8 Å². The molecule has 0 bridgehead atoms. The number of benzene rings is 2. The van der Waals surface area contributed by atoms with Crippen molar-refractivity contribution in [1.29, 1.82) is 0 Å². The zero-order valence-electron chi connectivity index (χ0n) is 15.7. The van der Waals surface area contributed by atoms with Gasteiger partial charge in [-0.25, -0.2) is 8.42 Å². The van der Waals surface area contributed by atoms with E-state index in [0.29, 0.717) is 5.92 Å². The highest BCUT2D eigenvalue weighted by molar-refractivity contribution is 7.72. The molecule has 144 valence electrons. The van der Waals surface area contributed by atoms with Crippen LogP contribution in [0, 0.1) is 0 Å². The zero-order valence-corrected chi connectivity index (χ0v) is 16.6. The molecule has 1 N–H and O–H groups in total. The van der Waals surface area contributed by atoms with Crippen LogP contribution in [0.25, 0.3) is 0 Å². The van der Waals surface area contributed by atoms with Crippen molar-refractivity contribution < 1.29 is 13.2 Å². The van der Waals surface area contributed by atoms with E-state index in [1.165, 1.54) is 37.7 Å². The summed E-state index contributed by atoms with van der Waals surface area (Å²) in [6, 6.07) is 15.4. The molecule has 5 heteroatoms. The van der Waals surface area contributed by atoms with E-state index in [1.807, 2.05) is 24.3 Å². The average molecular weight is 386 g/mol. The molecule has 0 heterocycles. The molecule has 0 saturated heterocycles. The van der Waals surface area contributed by atoms with Crippen LogP contribution in [0.15, 0.2) is 48.5 Å². The summed E-state index contributed by atoms with van der Waals surface area (Å²) in [4.78, 5) is 12.3. The van der Waals surface area contributed by atoms with Crippen LogP contribution in [0.4, 0.5) is 5.69 Å². The molecular weight excluding hydrogens is 358 g/mol. The molecule has 1 amide bonds. The lowest BCUT2D eigenvalue weighted by molar-refractivity contribution is -0.115. The first-order valence-corrected chi connectivity index (χ1v) is 10.9. The van der Waals surface area contributed by atoms with Gasteiger partial charge in [0.2, 0.25) is 5.91 Å². The lowest BCUT2D eigenvalue weighted by atomic mass is 9.84. The van der Waals surface area contributed by atoms with E-state index in [-0.39, 0.29) is 12.3 Å². The zero-order chi connectivity index (χ0) is 19.2. The first-order valence-electron chi connectivity index (χ1n) is 9.65. The Balaban J connectivity index is 1.55. The van der Waals surface area contributed by atoms with E-state index in [2.05, 4.69) is 17.4 Å². The van der Waals surface area contributed by atoms with Gasteiger partial charge in [-0.3, -0.25) is 4.79 Å². The van der Waals surface area contributed by atoms with Gasteiger partial charge in [-0.2, -0.15) is 0 Å². The highest BCUT2D eigenvalue weighted by atomic mass is 32.2. The quantitative estimate of drug-likeness (QED) is 0.715. The predicted octanol–water partition coefficient (Wildman–Crippen LogP) is 4.59. The maximum atomic E-state index is 12.3. The summed E-state index contributed by atoms with van der Waals surface area (Å²) in [6.07, 6.45) is 6.77. The Kier molecular flexibility index (Phi) is 6.67. The van der Waals surface area contributed by atoms with Crippen LogP contribution < -0.4 is 5.32 Å². The maximum Gasteiger partial charge on any atom is 0.228 e. The van der Waals surface area contributed by atoms with Crippen LogP contribution in [0.1, 0.15) is 66.9 Å². The van der Waals surface area contributed by atoms with Crippen molar-refractivity contribution in [3.63, 3.8) is 0 Å². The molecule has 1 aliphatic rings. The Labute approximate surface area is 163 Å². The van der Waals surface area contributed by atoms with Gasteiger partial charge in [0, 0.05) is 5.69 Å². The Morgan fingerprint density at radius 3 is 2.22 bits per heavy atom. The van der Waals surface area contributed by atoms with Crippen LogP contribution in [0.3, 0.4) is 0 Å². The number of rotatable bonds is 6. The van der Waals surface area contributed by atoms with Crippen molar-refractivity contribution in [2.75, 3.05) is 5.32 Å². The summed E-state index contributed by atoms with van der Waals surface area (Å²) in [7, 11) is -2.48. The monoisotopic (exact) mass is 385 g/mol. The van der Waals surface area contributed by atoms with Crippen molar-refractivity contribution in [2.45, 2.75) is 56.6 Å². The topological polar surface area (TPSA) is 63.2 Å². The van der Waals surface area contributed by atoms with Crippen LogP contribution in [-0.2, 0) is 21.9 Å². The second-order valence-corrected chi connectivity index (χ2v) is 8.73. The van der Waals surface area contributed by atoms with Crippen molar-refractivity contribution in [3.8, 4) is 0 Å². The summed E-state index contributed by atoms with van der Waals surface area (Å²) in [5.41, 5.74) is 3.79. The summed E-state index contributed by atoms with van der Waals surface area (Å²) in [5, 5.41) is 2.43. The van der Waals surface area contributed by atoms with Crippen LogP contribution in [0.2, 0.25) is 0 Å². The van der Waals surface area contributed by atoms with Crippen molar-refractivity contribution in [2.24, 2.45) is 0 Å². The number of thiol groups is 1. The lowest BCUT2D eigenvalue weighted by Gasteiger charge is -2.22. The second-order valence-electron chi connectivity index (χ2n) is 7.38. The van der Waals surface area contributed by atoms with Crippen LogP contribution in [0.5, 0.6) is 0 Å². The van der Waals surface area contributed by atoms with E-state index in [4.69, 9.17) is 0 Å². The molecule has 2 aromatic carbocycles. The van der Waals surface area contributed by atoms with Crippen molar-refractivity contribution in [3.05, 3.63) is 65.2 Å². The van der Waals surface area contributed by atoms with Gasteiger partial charge in [-0.15, -0.1) is 0 Å². The van der Waals surface area contributed by atoms with Gasteiger partial charge in [0.15, 0.2) is 0 Å². The van der Waals surface area contributed by atoms with Gasteiger partial charge in [0.05, 0.1) is 11.7 Å². The van der Waals surface area contributed by atoms with E-state index in [1.54, 1.807) is 19.1 Å². The smallest absolute Gasteiger partial charge is 0.228 e. The van der Waals surface area contributed by atoms with Gasteiger partial charge in [0.25, 0.3) is 0 Å². The molecule has 0 aromatic heterocycles. The number of hydrogen-bond donors (Lipinski definition) is 2. The molecule has 27 heavy (non-hydrogen) atoms. The molecule has 1 unspecified atom stereocenters. The molecule has 0 radical (unpaired) electrons. The molecular formula is C22H27NO3S. The first kappa shape index (κ1) is 19.6. The summed E-state index contributed by atoms with van der Waals surface area (Å²) >= 11 is 0. The van der Waals surface area contributed by atoms with E-state index < -0.39 is 16.0 Å². The number of nitrogens with one attached hydrogen (secondary N) is 1. The van der Waals surface area contributed by atoms with Crippen molar-refractivity contribution >= 4 is 22.3 Å². The Bertz CT molecular complexity index is 827. The number of hydrogen-bond acceptors (Lipinski definition) is 3. The molecule has 1 fully saturated rings. The van der Waals surface area contributed by atoms with Crippen LogP contribution >= 0.6 is 0 Å². The number of carbonyl (C=O) groups is 1. The number of anilines is 1. The SMILES string of the molecule is CC(c1ccc(CC(=O)Nc2ccc(C3CCCCC3)cc2)cc1)[SH](=O)=O. The van der Waals surface area contributed by atoms with Crippen LogP contribution in [-0.4, -0.2) is 14.3 Å². The minimum absolute atomic E-state index is 0.0730. The standard InChI is InChI=1S/C22H27NO3S/c1-16(27(25)26)18-9-7-17(8-10-18)15-22(24)23-21-13-11-20(12-14-21)19-5-3-2-4-6-19/h7-14,16,19,27H,2-6,15H2,1H3,(H,23,24). The molecule has 1 atom stereocenters. The lowest BCUT2D eigenvalue weighted by Crippen LogP contribution is -2.14. The summed E-state index contributed by atoms with van der Waals surface area (Å²) in [5.74, 6) is 0.588. The van der Waals surface area contributed by atoms with E-state index >= 15 is 0 Å². The second kappa shape index (κ2) is 9.18. The normalized spacial score (nSPS) is 16.2. The predicted molar refractivity (Wildman–Crippen MR) is 110 cm³/mol. The Morgan fingerprint density at radius 2 is 1.63 bits per heavy atom. The van der Waals surface area contributed by atoms with Crippen molar-refractivity contribution in [1.82, 2.24) is 0 Å². The number of amides is 1. The van der Waals surface area contributed by atoms with Gasteiger partial charge < -0.3 is 5.32 Å². The maximum absolute atomic E-state index is 12.3. The third kappa shape index (κ3) is 5.42. The molecule has 3 rings (SSSR count). The third-order valence-electron chi connectivity index (χ3n) is 5.41. The fraction of sp³-hybridized carbons (Fsp3) is 0.409. The summed E-state index contributed by atoms with van der Waals surface area (Å²) in [6.45, 7) is 1.66. The van der Waals surface area contributed by atoms with Gasteiger partial charge >= 0.3 is 0 Å². The average Bonchev–Trinajstić information content (AvgIpc) is 2.69. The highest BCUT2D eigenvalue weighted by Crippen LogP contribution is 2.33. The van der Waals surface area contributed by atoms with Gasteiger partial charge in [-0.05, 0) is 54.5 Å². The minimum atomic E-state index is -2.48. The third-order valence-corrected chi connectivity index (χ3v) is 6.34. The molecule has 1 saturated carbocycles. The van der Waals surface area contributed by atoms with Gasteiger partial charge in [0.1, 0.15) is 10.7 Å². The Morgan fingerprint density at radius 1 is 1.00 bits per heavy atom. The molecule has 4 nitrogen and oxygen atoms in total. The summed E-state index contributed by atoms with van der Waals surface area (Å²) < 4.78 is 22.1. The fourth-order valence-electron chi connectivity index (χ4n) is 3.70. The molecule has 0 aliphatic heterocycles. The molecule has 2 aromatic rings. The molecule has 0 spiro atoms.